The lowest BCUT2D eigenvalue weighted by atomic mass is 10.2. The van der Waals surface area contributed by atoms with Crippen LogP contribution in [0.2, 0.25) is 0 Å². The molecule has 7 heteroatoms. The predicted octanol–water partition coefficient (Wildman–Crippen LogP) is -0.129. The number of β-amino-alcohol motifs (C(OH)–C–C–N with tert-alkyl or cyclic N) is 1. The number of nitrogens with zero attached hydrogens (tertiary/aromatic N) is 3. The minimum absolute atomic E-state index is 0.0454. The summed E-state index contributed by atoms with van der Waals surface area (Å²) in [6.07, 6.45) is -0.718. The van der Waals surface area contributed by atoms with Gasteiger partial charge in [-0.2, -0.15) is 5.10 Å². The van der Waals surface area contributed by atoms with Crippen LogP contribution >= 0.6 is 0 Å². The second kappa shape index (κ2) is 5.00. The molecule has 2 heterocycles. The van der Waals surface area contributed by atoms with Gasteiger partial charge < -0.3 is 15.1 Å². The fourth-order valence-electron chi connectivity index (χ4n) is 2.38. The molecule has 104 valence electrons. The Kier molecular flexibility index (Phi) is 3.57. The topological polar surface area (TPSA) is 95.7 Å². The average Bonchev–Trinajstić information content (AvgIpc) is 2.91. The molecule has 0 radical (unpaired) electrons. The number of carbonyl (C=O) groups excluding carboxylic acids is 1. The number of aliphatic hydroxyl groups excluding tert-OH is 1. The van der Waals surface area contributed by atoms with Crippen LogP contribution in [0.5, 0.6) is 0 Å². The van der Waals surface area contributed by atoms with Gasteiger partial charge in [0.15, 0.2) is 0 Å². The Morgan fingerprint density at radius 1 is 1.53 bits per heavy atom. The van der Waals surface area contributed by atoms with Gasteiger partial charge in [0.05, 0.1) is 11.8 Å². The minimum Gasteiger partial charge on any atom is -0.480 e. The number of aliphatic carboxylic acids is 1. The normalized spacial score (nSPS) is 22.8. The van der Waals surface area contributed by atoms with Gasteiger partial charge in [-0.25, -0.2) is 4.79 Å². The van der Waals surface area contributed by atoms with E-state index in [-0.39, 0.29) is 13.0 Å². The third-order valence-electron chi connectivity index (χ3n) is 3.25. The highest BCUT2D eigenvalue weighted by Crippen LogP contribution is 2.21. The first kappa shape index (κ1) is 13.5. The Morgan fingerprint density at radius 3 is 2.79 bits per heavy atom. The molecule has 1 aliphatic heterocycles. The highest BCUT2D eigenvalue weighted by atomic mass is 16.4. The molecule has 1 saturated heterocycles. The van der Waals surface area contributed by atoms with Crippen molar-refractivity contribution in [3.05, 3.63) is 17.5 Å². The number of carboxylic acids is 1. The lowest BCUT2D eigenvalue weighted by Crippen LogP contribution is -2.41. The van der Waals surface area contributed by atoms with Crippen LogP contribution in [0.4, 0.5) is 0 Å². The number of aliphatic hydroxyl groups is 1. The van der Waals surface area contributed by atoms with Crippen molar-refractivity contribution in [1.29, 1.82) is 0 Å². The summed E-state index contributed by atoms with van der Waals surface area (Å²) in [5, 5.41) is 22.8. The lowest BCUT2D eigenvalue weighted by molar-refractivity contribution is -0.141. The van der Waals surface area contributed by atoms with E-state index in [1.165, 1.54) is 4.90 Å². The summed E-state index contributed by atoms with van der Waals surface area (Å²) in [6.45, 7) is 4.21. The van der Waals surface area contributed by atoms with E-state index in [1.807, 2.05) is 6.92 Å². The Hall–Kier alpha value is -1.89. The van der Waals surface area contributed by atoms with E-state index in [2.05, 4.69) is 5.10 Å². The van der Waals surface area contributed by atoms with E-state index in [0.29, 0.717) is 17.9 Å². The molecule has 1 aliphatic rings. The highest BCUT2D eigenvalue weighted by Gasteiger charge is 2.40. The van der Waals surface area contributed by atoms with Crippen LogP contribution in [0.1, 0.15) is 29.5 Å². The lowest BCUT2D eigenvalue weighted by Gasteiger charge is -2.21. The van der Waals surface area contributed by atoms with Gasteiger partial charge in [-0.1, -0.05) is 0 Å². The van der Waals surface area contributed by atoms with E-state index in [0.717, 1.165) is 0 Å². The summed E-state index contributed by atoms with van der Waals surface area (Å²) in [5.41, 5.74) is 1.07. The Bertz CT molecular complexity index is 511. The number of carboxylic acid groups (broad SMARTS) is 1. The standard InChI is InChI=1S/C12H17N3O4/c1-3-15-9(4-7(2)13-15)11(17)14-6-8(16)5-10(14)12(18)19/h4,8,10,16H,3,5-6H2,1-2H3,(H,18,19). The third kappa shape index (κ3) is 2.46. The first-order chi connectivity index (χ1) is 8.93. The van der Waals surface area contributed by atoms with Crippen molar-refractivity contribution in [2.45, 2.75) is 39.0 Å². The van der Waals surface area contributed by atoms with Gasteiger partial charge in [0.2, 0.25) is 0 Å². The van der Waals surface area contributed by atoms with E-state index < -0.39 is 24.0 Å². The number of carbonyl (C=O) groups is 2. The first-order valence-corrected chi connectivity index (χ1v) is 6.20. The average molecular weight is 267 g/mol. The molecule has 2 N–H and O–H groups in total. The van der Waals surface area contributed by atoms with Crippen LogP contribution in [0.3, 0.4) is 0 Å². The SMILES string of the molecule is CCn1nc(C)cc1C(=O)N1CC(O)CC1C(=O)O. The summed E-state index contributed by atoms with van der Waals surface area (Å²) in [5.74, 6) is -1.49. The Morgan fingerprint density at radius 2 is 2.21 bits per heavy atom. The largest absolute Gasteiger partial charge is 0.480 e. The Labute approximate surface area is 110 Å². The Balaban J connectivity index is 2.30. The van der Waals surface area contributed by atoms with Crippen molar-refractivity contribution in [3.8, 4) is 0 Å². The van der Waals surface area contributed by atoms with Gasteiger partial charge in [-0.05, 0) is 19.9 Å². The maximum atomic E-state index is 12.4. The van der Waals surface area contributed by atoms with E-state index in [4.69, 9.17) is 5.11 Å². The molecule has 1 aromatic rings. The van der Waals surface area contributed by atoms with E-state index in [9.17, 15) is 14.7 Å². The smallest absolute Gasteiger partial charge is 0.326 e. The van der Waals surface area contributed by atoms with Crippen molar-refractivity contribution in [1.82, 2.24) is 14.7 Å². The highest BCUT2D eigenvalue weighted by molar-refractivity contribution is 5.95. The number of aromatic nitrogens is 2. The van der Waals surface area contributed by atoms with Crippen LogP contribution < -0.4 is 0 Å². The molecular weight excluding hydrogens is 250 g/mol. The fourth-order valence-corrected chi connectivity index (χ4v) is 2.38. The third-order valence-corrected chi connectivity index (χ3v) is 3.25. The molecule has 7 nitrogen and oxygen atoms in total. The monoisotopic (exact) mass is 267 g/mol. The fraction of sp³-hybridized carbons (Fsp3) is 0.583. The molecule has 1 fully saturated rings. The molecule has 0 saturated carbocycles. The summed E-state index contributed by atoms with van der Waals surface area (Å²) in [7, 11) is 0. The van der Waals surface area contributed by atoms with Crippen LogP contribution in [0.25, 0.3) is 0 Å². The molecule has 0 spiro atoms. The van der Waals surface area contributed by atoms with Crippen LogP contribution in [-0.2, 0) is 11.3 Å². The van der Waals surface area contributed by atoms with Gasteiger partial charge in [0, 0.05) is 19.5 Å². The van der Waals surface area contributed by atoms with Gasteiger partial charge in [0.1, 0.15) is 11.7 Å². The van der Waals surface area contributed by atoms with Gasteiger partial charge >= 0.3 is 5.97 Å². The molecule has 1 aromatic heterocycles. The van der Waals surface area contributed by atoms with Crippen molar-refractivity contribution in [2.24, 2.45) is 0 Å². The summed E-state index contributed by atoms with van der Waals surface area (Å²) < 4.78 is 1.54. The molecule has 0 aromatic carbocycles. The number of amides is 1. The summed E-state index contributed by atoms with van der Waals surface area (Å²) in [6, 6.07) is 0.665. The van der Waals surface area contributed by atoms with E-state index in [1.54, 1.807) is 17.7 Å². The molecule has 0 aliphatic carbocycles. The predicted molar refractivity (Wildman–Crippen MR) is 65.7 cm³/mol. The molecular formula is C12H17N3O4. The number of aryl methyl sites for hydroxylation is 2. The molecule has 2 atom stereocenters. The van der Waals surface area contributed by atoms with Gasteiger partial charge in [0.25, 0.3) is 5.91 Å². The molecule has 2 rings (SSSR count). The molecule has 0 bridgehead atoms. The minimum atomic E-state index is -1.09. The quantitative estimate of drug-likeness (QED) is 0.795. The van der Waals surface area contributed by atoms with Crippen LogP contribution in [-0.4, -0.2) is 55.5 Å². The zero-order valence-corrected chi connectivity index (χ0v) is 10.9. The maximum Gasteiger partial charge on any atom is 0.326 e. The number of hydrogen-bond donors (Lipinski definition) is 2. The number of hydrogen-bond acceptors (Lipinski definition) is 4. The summed E-state index contributed by atoms with van der Waals surface area (Å²) >= 11 is 0. The van der Waals surface area contributed by atoms with Crippen molar-refractivity contribution in [2.75, 3.05) is 6.54 Å². The van der Waals surface area contributed by atoms with Crippen molar-refractivity contribution >= 4 is 11.9 Å². The van der Waals surface area contributed by atoms with Crippen molar-refractivity contribution in [3.63, 3.8) is 0 Å². The molecule has 1 amide bonds. The first-order valence-electron chi connectivity index (χ1n) is 6.20. The van der Waals surface area contributed by atoms with Crippen molar-refractivity contribution < 1.29 is 19.8 Å². The zero-order chi connectivity index (χ0) is 14.2. The van der Waals surface area contributed by atoms with Gasteiger partial charge in [-0.3, -0.25) is 9.48 Å². The number of rotatable bonds is 3. The maximum absolute atomic E-state index is 12.4. The van der Waals surface area contributed by atoms with Crippen LogP contribution in [0, 0.1) is 6.92 Å². The van der Waals surface area contributed by atoms with Crippen LogP contribution in [0.15, 0.2) is 6.07 Å². The molecule has 2 unspecified atom stereocenters. The zero-order valence-electron chi connectivity index (χ0n) is 10.9. The second-order valence-electron chi connectivity index (χ2n) is 4.69. The van der Waals surface area contributed by atoms with Gasteiger partial charge in [-0.15, -0.1) is 0 Å². The summed E-state index contributed by atoms with van der Waals surface area (Å²) in [4.78, 5) is 24.7. The second-order valence-corrected chi connectivity index (χ2v) is 4.69. The number of likely N-dealkylation sites (tertiary alicyclic amines) is 1. The molecule has 19 heavy (non-hydrogen) atoms. The van der Waals surface area contributed by atoms with E-state index >= 15 is 0 Å².